The highest BCUT2D eigenvalue weighted by Gasteiger charge is 2.41. The van der Waals surface area contributed by atoms with Crippen molar-refractivity contribution in [2.75, 3.05) is 13.1 Å². The normalized spacial score (nSPS) is 30.4. The van der Waals surface area contributed by atoms with Crippen LogP contribution in [0, 0.1) is 11.8 Å². The van der Waals surface area contributed by atoms with Crippen molar-refractivity contribution in [1.82, 2.24) is 10.2 Å². The second-order valence-electron chi connectivity index (χ2n) is 5.45. The Hall–Kier alpha value is -1.59. The van der Waals surface area contributed by atoms with Crippen LogP contribution in [0.3, 0.4) is 0 Å². The SMILES string of the molecule is CC(=O)NC1CCN(C(=O)[C@@H]2CCC[C@@H]2C(=O)O)C1. The van der Waals surface area contributed by atoms with Gasteiger partial charge in [-0.3, -0.25) is 14.4 Å². The van der Waals surface area contributed by atoms with Crippen molar-refractivity contribution < 1.29 is 19.5 Å². The van der Waals surface area contributed by atoms with Crippen LogP contribution in [0.15, 0.2) is 0 Å². The Bertz CT molecular complexity index is 396. The molecule has 0 aromatic rings. The van der Waals surface area contributed by atoms with E-state index in [0.29, 0.717) is 25.9 Å². The lowest BCUT2D eigenvalue weighted by Crippen LogP contribution is -2.41. The zero-order valence-electron chi connectivity index (χ0n) is 11.1. The molecule has 2 fully saturated rings. The van der Waals surface area contributed by atoms with Gasteiger partial charge in [0.2, 0.25) is 11.8 Å². The maximum Gasteiger partial charge on any atom is 0.307 e. The predicted molar refractivity (Wildman–Crippen MR) is 67.3 cm³/mol. The summed E-state index contributed by atoms with van der Waals surface area (Å²) in [6.45, 7) is 2.57. The van der Waals surface area contributed by atoms with Crippen LogP contribution >= 0.6 is 0 Å². The monoisotopic (exact) mass is 268 g/mol. The van der Waals surface area contributed by atoms with Crippen molar-refractivity contribution in [2.24, 2.45) is 11.8 Å². The Labute approximate surface area is 112 Å². The van der Waals surface area contributed by atoms with Crippen LogP contribution < -0.4 is 5.32 Å². The number of likely N-dealkylation sites (tertiary alicyclic amines) is 1. The van der Waals surface area contributed by atoms with Crippen LogP contribution in [-0.2, 0) is 14.4 Å². The molecule has 3 atom stereocenters. The molecule has 0 spiro atoms. The largest absolute Gasteiger partial charge is 0.481 e. The van der Waals surface area contributed by atoms with E-state index >= 15 is 0 Å². The third-order valence-electron chi connectivity index (χ3n) is 4.06. The fourth-order valence-corrected chi connectivity index (χ4v) is 3.15. The summed E-state index contributed by atoms with van der Waals surface area (Å²) in [7, 11) is 0. The van der Waals surface area contributed by atoms with Gasteiger partial charge in [0.1, 0.15) is 0 Å². The summed E-state index contributed by atoms with van der Waals surface area (Å²) in [5.74, 6) is -1.93. The van der Waals surface area contributed by atoms with Crippen LogP contribution in [0.4, 0.5) is 0 Å². The lowest BCUT2D eigenvalue weighted by molar-refractivity contribution is -0.148. The molecule has 106 valence electrons. The zero-order valence-corrected chi connectivity index (χ0v) is 11.1. The lowest BCUT2D eigenvalue weighted by atomic mass is 9.95. The van der Waals surface area contributed by atoms with Crippen molar-refractivity contribution in [1.29, 1.82) is 0 Å². The Balaban J connectivity index is 1.94. The van der Waals surface area contributed by atoms with Gasteiger partial charge in [-0.25, -0.2) is 0 Å². The van der Waals surface area contributed by atoms with E-state index in [9.17, 15) is 14.4 Å². The van der Waals surface area contributed by atoms with Gasteiger partial charge in [-0.05, 0) is 19.3 Å². The highest BCUT2D eigenvalue weighted by molar-refractivity contribution is 5.85. The molecule has 1 saturated carbocycles. The van der Waals surface area contributed by atoms with Gasteiger partial charge in [0.05, 0.1) is 11.8 Å². The Morgan fingerprint density at radius 1 is 1.16 bits per heavy atom. The third kappa shape index (κ3) is 3.05. The number of amides is 2. The zero-order chi connectivity index (χ0) is 14.0. The number of nitrogens with one attached hydrogen (secondary N) is 1. The first-order valence-electron chi connectivity index (χ1n) is 6.77. The van der Waals surface area contributed by atoms with E-state index in [-0.39, 0.29) is 23.8 Å². The van der Waals surface area contributed by atoms with E-state index in [4.69, 9.17) is 5.11 Å². The van der Waals surface area contributed by atoms with Crippen LogP contribution in [0.25, 0.3) is 0 Å². The first-order chi connectivity index (χ1) is 8.99. The van der Waals surface area contributed by atoms with Crippen molar-refractivity contribution in [3.8, 4) is 0 Å². The molecule has 1 aliphatic carbocycles. The summed E-state index contributed by atoms with van der Waals surface area (Å²) in [6, 6.07) is 0.00568. The maximum atomic E-state index is 12.3. The molecule has 0 bridgehead atoms. The van der Waals surface area contributed by atoms with Crippen molar-refractivity contribution in [2.45, 2.75) is 38.6 Å². The Morgan fingerprint density at radius 3 is 2.47 bits per heavy atom. The fraction of sp³-hybridized carbons (Fsp3) is 0.769. The minimum Gasteiger partial charge on any atom is -0.481 e. The van der Waals surface area contributed by atoms with Crippen molar-refractivity contribution in [3.63, 3.8) is 0 Å². The first kappa shape index (κ1) is 13.8. The van der Waals surface area contributed by atoms with Crippen molar-refractivity contribution in [3.05, 3.63) is 0 Å². The maximum absolute atomic E-state index is 12.3. The summed E-state index contributed by atoms with van der Waals surface area (Å²) in [6.07, 6.45) is 2.80. The molecule has 1 heterocycles. The van der Waals surface area contributed by atoms with E-state index in [1.54, 1.807) is 4.90 Å². The van der Waals surface area contributed by atoms with Crippen molar-refractivity contribution >= 4 is 17.8 Å². The highest BCUT2D eigenvalue weighted by atomic mass is 16.4. The van der Waals surface area contributed by atoms with Crippen LogP contribution in [-0.4, -0.2) is 46.9 Å². The molecule has 2 rings (SSSR count). The minimum atomic E-state index is -0.867. The minimum absolute atomic E-state index is 0.00568. The Morgan fingerprint density at radius 2 is 1.84 bits per heavy atom. The number of hydrogen-bond donors (Lipinski definition) is 2. The third-order valence-corrected chi connectivity index (χ3v) is 4.06. The van der Waals surface area contributed by atoms with E-state index in [1.165, 1.54) is 6.92 Å². The molecule has 0 aromatic carbocycles. The van der Waals surface area contributed by atoms with Gasteiger partial charge >= 0.3 is 5.97 Å². The standard InChI is InChI=1S/C13H20N2O4/c1-8(16)14-9-5-6-15(7-9)12(17)10-3-2-4-11(10)13(18)19/h9-11H,2-7H2,1H3,(H,14,16)(H,18,19)/t9?,10-,11+/m1/s1. The number of nitrogens with zero attached hydrogens (tertiary/aromatic N) is 1. The number of rotatable bonds is 3. The van der Waals surface area contributed by atoms with Gasteiger partial charge in [-0.15, -0.1) is 0 Å². The van der Waals surface area contributed by atoms with E-state index < -0.39 is 11.9 Å². The summed E-state index contributed by atoms with van der Waals surface area (Å²) >= 11 is 0. The molecular weight excluding hydrogens is 248 g/mol. The van der Waals surface area contributed by atoms with Gasteiger partial charge < -0.3 is 15.3 Å². The highest BCUT2D eigenvalue weighted by Crippen LogP contribution is 2.34. The molecule has 19 heavy (non-hydrogen) atoms. The second-order valence-corrected chi connectivity index (χ2v) is 5.45. The van der Waals surface area contributed by atoms with Gasteiger partial charge in [0.25, 0.3) is 0 Å². The molecule has 0 aromatic heterocycles. The topological polar surface area (TPSA) is 86.7 Å². The summed E-state index contributed by atoms with van der Waals surface area (Å²) < 4.78 is 0. The summed E-state index contributed by atoms with van der Waals surface area (Å²) in [5.41, 5.74) is 0. The van der Waals surface area contributed by atoms with Crippen LogP contribution in [0.2, 0.25) is 0 Å². The molecule has 2 amide bonds. The molecule has 1 aliphatic heterocycles. The lowest BCUT2D eigenvalue weighted by Gasteiger charge is -2.23. The predicted octanol–water partition coefficient (Wildman–Crippen LogP) is 0.224. The number of hydrogen-bond acceptors (Lipinski definition) is 3. The van der Waals surface area contributed by atoms with E-state index in [1.807, 2.05) is 0 Å². The molecule has 2 aliphatic rings. The van der Waals surface area contributed by atoms with Gasteiger partial charge in [0.15, 0.2) is 0 Å². The van der Waals surface area contributed by atoms with E-state index in [2.05, 4.69) is 5.32 Å². The molecule has 1 saturated heterocycles. The molecule has 2 N–H and O–H groups in total. The van der Waals surface area contributed by atoms with Crippen LogP contribution in [0.5, 0.6) is 0 Å². The molecule has 0 radical (unpaired) electrons. The molecule has 1 unspecified atom stereocenters. The molecular formula is C13H20N2O4. The number of carboxylic acid groups (broad SMARTS) is 1. The summed E-state index contributed by atoms with van der Waals surface area (Å²) in [4.78, 5) is 36.1. The van der Waals surface area contributed by atoms with Gasteiger partial charge in [-0.1, -0.05) is 6.42 Å². The smallest absolute Gasteiger partial charge is 0.307 e. The quantitative estimate of drug-likeness (QED) is 0.767. The number of carboxylic acids is 1. The van der Waals surface area contributed by atoms with Gasteiger partial charge in [-0.2, -0.15) is 0 Å². The number of aliphatic carboxylic acids is 1. The molecule has 6 nitrogen and oxygen atoms in total. The average Bonchev–Trinajstić information content (AvgIpc) is 2.94. The van der Waals surface area contributed by atoms with E-state index in [0.717, 1.165) is 12.8 Å². The fourth-order valence-electron chi connectivity index (χ4n) is 3.15. The Kier molecular flexibility index (Phi) is 4.07. The molecule has 6 heteroatoms. The first-order valence-corrected chi connectivity index (χ1v) is 6.77. The average molecular weight is 268 g/mol. The van der Waals surface area contributed by atoms with Gasteiger partial charge in [0, 0.05) is 26.1 Å². The number of carbonyl (C=O) groups excluding carboxylic acids is 2. The van der Waals surface area contributed by atoms with Crippen LogP contribution in [0.1, 0.15) is 32.6 Å². The number of carbonyl (C=O) groups is 3. The second kappa shape index (κ2) is 5.59. The summed E-state index contributed by atoms with van der Waals surface area (Å²) in [5, 5.41) is 11.9.